The van der Waals surface area contributed by atoms with E-state index in [-0.39, 0.29) is 0 Å². The van der Waals surface area contributed by atoms with Crippen LogP contribution in [0.2, 0.25) is 0 Å². The van der Waals surface area contributed by atoms with E-state index in [1.807, 2.05) is 11.4 Å². The summed E-state index contributed by atoms with van der Waals surface area (Å²) in [6.45, 7) is 7.64. The Hall–Kier alpha value is -1.69. The summed E-state index contributed by atoms with van der Waals surface area (Å²) in [5.74, 6) is 0. The second kappa shape index (κ2) is 5.13. The zero-order valence-electron chi connectivity index (χ0n) is 10.8. The number of fused-ring (bicyclic) bond motifs is 4. The van der Waals surface area contributed by atoms with Crippen LogP contribution < -0.4 is 5.19 Å². The van der Waals surface area contributed by atoms with Gasteiger partial charge in [0.1, 0.15) is 0 Å². The van der Waals surface area contributed by atoms with Crippen LogP contribution in [0.15, 0.2) is 67.0 Å². The fraction of sp³-hybridized carbons (Fsp3) is 0. The molecule has 0 aromatic heterocycles. The zero-order chi connectivity index (χ0) is 13.2. The van der Waals surface area contributed by atoms with Gasteiger partial charge in [0.05, 0.1) is 0 Å². The first kappa shape index (κ1) is 12.4. The Morgan fingerprint density at radius 2 is 1.58 bits per heavy atom. The molecule has 0 amide bonds. The van der Waals surface area contributed by atoms with Crippen molar-refractivity contribution in [1.29, 1.82) is 0 Å². The molecule has 94 valence electrons. The Morgan fingerprint density at radius 3 is 2.32 bits per heavy atom. The molecule has 0 N–H and O–H groups in total. The Balaban J connectivity index is 1.88. The Kier molecular flexibility index (Phi) is 3.33. The number of hydrogen-bond donors (Lipinski definition) is 0. The number of rotatable bonds is 5. The summed E-state index contributed by atoms with van der Waals surface area (Å²) in [6.07, 6.45) is 0. The lowest BCUT2D eigenvalue weighted by Gasteiger charge is -2.26. The Morgan fingerprint density at radius 1 is 0.895 bits per heavy atom. The highest BCUT2D eigenvalue weighted by atomic mass is 28.3. The standard InChI is InChI=1S/C16H16OSi2/c1-3-19(4-2)17-18-15-11-7-10-14-12-8-5-6-9-13(12)16(14)15/h3-11,19H,1-2,18H2. The van der Waals surface area contributed by atoms with Crippen LogP contribution in [-0.2, 0) is 4.12 Å². The van der Waals surface area contributed by atoms with Gasteiger partial charge in [0.15, 0.2) is 9.76 Å². The van der Waals surface area contributed by atoms with Gasteiger partial charge in [0.2, 0.25) is 9.04 Å². The summed E-state index contributed by atoms with van der Waals surface area (Å²) in [7, 11) is -2.07. The lowest BCUT2D eigenvalue weighted by atomic mass is 9.81. The van der Waals surface area contributed by atoms with Crippen molar-refractivity contribution >= 4 is 24.0 Å². The number of benzene rings is 2. The van der Waals surface area contributed by atoms with Crippen molar-refractivity contribution in [3.8, 4) is 22.3 Å². The average Bonchev–Trinajstić information content (AvgIpc) is 2.45. The van der Waals surface area contributed by atoms with E-state index in [0.29, 0.717) is 0 Å². The van der Waals surface area contributed by atoms with Gasteiger partial charge in [0, 0.05) is 0 Å². The average molecular weight is 280 g/mol. The first-order valence-electron chi connectivity index (χ1n) is 6.43. The van der Waals surface area contributed by atoms with Gasteiger partial charge in [-0.1, -0.05) is 53.9 Å². The van der Waals surface area contributed by atoms with Gasteiger partial charge < -0.3 is 4.12 Å². The molecule has 2 aromatic carbocycles. The molecule has 0 fully saturated rings. The van der Waals surface area contributed by atoms with E-state index in [1.54, 1.807) is 0 Å². The molecule has 1 aliphatic rings. The molecule has 0 bridgehead atoms. The predicted molar refractivity (Wildman–Crippen MR) is 87.7 cm³/mol. The molecular formula is C16H16OSi2. The molecule has 3 rings (SSSR count). The lowest BCUT2D eigenvalue weighted by molar-refractivity contribution is 0.646. The van der Waals surface area contributed by atoms with E-state index < -0.39 is 18.8 Å². The molecule has 0 unspecified atom stereocenters. The fourth-order valence-corrected chi connectivity index (χ4v) is 6.08. The lowest BCUT2D eigenvalue weighted by Crippen LogP contribution is -2.28. The third-order valence-corrected chi connectivity index (χ3v) is 7.57. The molecule has 0 aliphatic heterocycles. The minimum atomic E-state index is -1.37. The van der Waals surface area contributed by atoms with Crippen LogP contribution in [0.3, 0.4) is 0 Å². The molecule has 0 atom stereocenters. The molecule has 0 spiro atoms. The quantitative estimate of drug-likeness (QED) is 0.651. The maximum absolute atomic E-state index is 6.05. The highest BCUT2D eigenvalue weighted by molar-refractivity contribution is 6.70. The summed E-state index contributed by atoms with van der Waals surface area (Å²) >= 11 is 0. The maximum atomic E-state index is 6.05. The second-order valence-corrected chi connectivity index (χ2v) is 8.89. The van der Waals surface area contributed by atoms with E-state index in [1.165, 1.54) is 27.4 Å². The van der Waals surface area contributed by atoms with E-state index in [0.717, 1.165) is 0 Å². The van der Waals surface area contributed by atoms with Gasteiger partial charge in [-0.25, -0.2) is 0 Å². The van der Waals surface area contributed by atoms with Crippen molar-refractivity contribution in [2.75, 3.05) is 0 Å². The van der Waals surface area contributed by atoms with Crippen LogP contribution in [0, 0.1) is 0 Å². The smallest absolute Gasteiger partial charge is 0.212 e. The molecule has 19 heavy (non-hydrogen) atoms. The van der Waals surface area contributed by atoms with Crippen molar-refractivity contribution in [2.45, 2.75) is 0 Å². The largest absolute Gasteiger partial charge is 0.453 e. The van der Waals surface area contributed by atoms with E-state index >= 15 is 0 Å². The van der Waals surface area contributed by atoms with Crippen molar-refractivity contribution in [3.05, 3.63) is 67.0 Å². The molecule has 0 heterocycles. The van der Waals surface area contributed by atoms with Crippen LogP contribution in [0.25, 0.3) is 22.3 Å². The minimum absolute atomic E-state index is 0.700. The van der Waals surface area contributed by atoms with Gasteiger partial charge >= 0.3 is 0 Å². The van der Waals surface area contributed by atoms with Gasteiger partial charge in [-0.2, -0.15) is 0 Å². The molecule has 0 saturated heterocycles. The predicted octanol–water partition coefficient (Wildman–Crippen LogP) is 2.23. The first-order chi connectivity index (χ1) is 9.35. The summed E-state index contributed by atoms with van der Waals surface area (Å²) < 4.78 is 6.05. The Labute approximate surface area is 117 Å². The zero-order valence-corrected chi connectivity index (χ0v) is 13.4. The maximum Gasteiger partial charge on any atom is 0.212 e. The molecular weight excluding hydrogens is 264 g/mol. The second-order valence-electron chi connectivity index (χ2n) is 4.63. The molecule has 2 aromatic rings. The number of hydrogen-bond acceptors (Lipinski definition) is 1. The van der Waals surface area contributed by atoms with Gasteiger partial charge in [0.25, 0.3) is 0 Å². The van der Waals surface area contributed by atoms with Crippen molar-refractivity contribution in [2.24, 2.45) is 0 Å². The highest BCUT2D eigenvalue weighted by Crippen LogP contribution is 2.45. The first-order valence-corrected chi connectivity index (χ1v) is 9.52. The van der Waals surface area contributed by atoms with E-state index in [4.69, 9.17) is 4.12 Å². The minimum Gasteiger partial charge on any atom is -0.453 e. The van der Waals surface area contributed by atoms with Gasteiger partial charge in [-0.3, -0.25) is 0 Å². The van der Waals surface area contributed by atoms with Crippen molar-refractivity contribution in [3.63, 3.8) is 0 Å². The van der Waals surface area contributed by atoms with E-state index in [2.05, 4.69) is 55.6 Å². The summed E-state index contributed by atoms with van der Waals surface area (Å²) in [5.41, 5.74) is 9.39. The highest BCUT2D eigenvalue weighted by Gasteiger charge is 2.24. The third-order valence-electron chi connectivity index (χ3n) is 3.53. The fourth-order valence-electron chi connectivity index (χ4n) is 2.55. The summed E-state index contributed by atoms with van der Waals surface area (Å²) in [5, 5.41) is 1.40. The topological polar surface area (TPSA) is 9.23 Å². The molecule has 3 heteroatoms. The van der Waals surface area contributed by atoms with Gasteiger partial charge in [-0.05, 0) is 27.4 Å². The third kappa shape index (κ3) is 2.06. The van der Waals surface area contributed by atoms with Crippen LogP contribution in [-0.4, -0.2) is 18.8 Å². The normalized spacial score (nSPS) is 12.1. The monoisotopic (exact) mass is 280 g/mol. The van der Waals surface area contributed by atoms with E-state index in [9.17, 15) is 0 Å². The van der Waals surface area contributed by atoms with Gasteiger partial charge in [-0.15, -0.1) is 13.2 Å². The molecule has 1 nitrogen and oxygen atoms in total. The Bertz CT molecular complexity index is 641. The SMILES string of the molecule is C=C[SiH](C=C)O[SiH2]c1cccc2c1-c1ccccc1-2. The molecule has 0 radical (unpaired) electrons. The summed E-state index contributed by atoms with van der Waals surface area (Å²) in [6, 6.07) is 15.1. The van der Waals surface area contributed by atoms with Crippen molar-refractivity contribution in [1.82, 2.24) is 0 Å². The molecule has 0 saturated carbocycles. The van der Waals surface area contributed by atoms with Crippen LogP contribution in [0.5, 0.6) is 0 Å². The van der Waals surface area contributed by atoms with Crippen LogP contribution >= 0.6 is 0 Å². The summed E-state index contributed by atoms with van der Waals surface area (Å²) in [4.78, 5) is 0. The van der Waals surface area contributed by atoms with Crippen LogP contribution in [0.4, 0.5) is 0 Å². The molecule has 1 aliphatic carbocycles. The van der Waals surface area contributed by atoms with Crippen LogP contribution in [0.1, 0.15) is 0 Å². The van der Waals surface area contributed by atoms with Crippen molar-refractivity contribution < 1.29 is 4.12 Å².